The monoisotopic (exact) mass is 421 g/mol. The third kappa shape index (κ3) is 4.09. The molecule has 2 aliphatic rings. The predicted octanol–water partition coefficient (Wildman–Crippen LogP) is 2.91. The van der Waals surface area contributed by atoms with E-state index in [-0.39, 0.29) is 17.7 Å². The summed E-state index contributed by atoms with van der Waals surface area (Å²) in [6, 6.07) is 9.76. The zero-order valence-corrected chi connectivity index (χ0v) is 17.3. The number of methoxy groups -OCH3 is 2. The smallest absolute Gasteiger partial charge is 0.256 e. The predicted molar refractivity (Wildman–Crippen MR) is 116 cm³/mol. The molecule has 0 spiro atoms. The third-order valence-electron chi connectivity index (χ3n) is 5.45. The summed E-state index contributed by atoms with van der Waals surface area (Å²) >= 11 is 0. The molecule has 0 aliphatic carbocycles. The molecule has 8 nitrogen and oxygen atoms in total. The molecule has 2 aliphatic heterocycles. The molecule has 2 heterocycles. The topological polar surface area (TPSA) is 97.0 Å². The van der Waals surface area contributed by atoms with Crippen molar-refractivity contribution in [3.05, 3.63) is 53.6 Å². The van der Waals surface area contributed by atoms with E-state index < -0.39 is 6.04 Å². The number of carbonyl (C=O) groups is 3. The highest BCUT2D eigenvalue weighted by molar-refractivity contribution is 6.11. The highest BCUT2D eigenvalue weighted by atomic mass is 16.5. The van der Waals surface area contributed by atoms with E-state index in [1.54, 1.807) is 61.6 Å². The lowest BCUT2D eigenvalue weighted by molar-refractivity contribution is -0.119. The largest absolute Gasteiger partial charge is 0.497 e. The molecular weight excluding hydrogens is 398 g/mol. The highest BCUT2D eigenvalue weighted by Gasteiger charge is 2.38. The summed E-state index contributed by atoms with van der Waals surface area (Å²) in [5, 5.41) is 5.58. The zero-order valence-electron chi connectivity index (χ0n) is 17.3. The SMILES string of the molecule is COc1ccc(/C=C/C(=O)Nc2ccc3c(c2)C(=O)N2CCC[C@@H]2C(=O)N3)c(OC)c1. The van der Waals surface area contributed by atoms with Crippen molar-refractivity contribution in [1.29, 1.82) is 0 Å². The van der Waals surface area contributed by atoms with Crippen LogP contribution in [0.15, 0.2) is 42.5 Å². The molecule has 0 unspecified atom stereocenters. The van der Waals surface area contributed by atoms with Crippen LogP contribution in [0.5, 0.6) is 11.5 Å². The Balaban J connectivity index is 1.51. The normalized spacial score (nSPS) is 17.6. The second-order valence-electron chi connectivity index (χ2n) is 7.34. The minimum Gasteiger partial charge on any atom is -0.497 e. The number of hydrogen-bond donors (Lipinski definition) is 2. The fourth-order valence-electron chi connectivity index (χ4n) is 3.87. The minimum atomic E-state index is -0.430. The van der Waals surface area contributed by atoms with Crippen LogP contribution in [0.25, 0.3) is 6.08 Å². The molecule has 160 valence electrons. The zero-order chi connectivity index (χ0) is 22.0. The van der Waals surface area contributed by atoms with Crippen LogP contribution < -0.4 is 20.1 Å². The molecule has 1 fully saturated rings. The number of ether oxygens (including phenoxy) is 2. The van der Waals surface area contributed by atoms with Crippen LogP contribution in [0.1, 0.15) is 28.8 Å². The lowest BCUT2D eigenvalue weighted by atomic mass is 10.1. The highest BCUT2D eigenvalue weighted by Crippen LogP contribution is 2.30. The maximum atomic E-state index is 12.9. The van der Waals surface area contributed by atoms with Gasteiger partial charge in [-0.2, -0.15) is 0 Å². The van der Waals surface area contributed by atoms with Gasteiger partial charge in [-0.1, -0.05) is 0 Å². The fraction of sp³-hybridized carbons (Fsp3) is 0.261. The molecule has 1 saturated heterocycles. The summed E-state index contributed by atoms with van der Waals surface area (Å²) in [6.07, 6.45) is 4.48. The number of fused-ring (bicyclic) bond motifs is 2. The fourth-order valence-corrected chi connectivity index (χ4v) is 3.87. The van der Waals surface area contributed by atoms with Crippen molar-refractivity contribution in [2.45, 2.75) is 18.9 Å². The van der Waals surface area contributed by atoms with E-state index in [0.717, 1.165) is 12.0 Å². The molecule has 2 N–H and O–H groups in total. The van der Waals surface area contributed by atoms with Crippen LogP contribution in [0.2, 0.25) is 0 Å². The summed E-state index contributed by atoms with van der Waals surface area (Å²) in [6.45, 7) is 0.555. The Hall–Kier alpha value is -3.81. The van der Waals surface area contributed by atoms with Crippen molar-refractivity contribution in [3.63, 3.8) is 0 Å². The molecule has 4 rings (SSSR count). The van der Waals surface area contributed by atoms with E-state index in [9.17, 15) is 14.4 Å². The molecule has 2 aromatic rings. The first-order valence-corrected chi connectivity index (χ1v) is 9.97. The van der Waals surface area contributed by atoms with Crippen LogP contribution in [-0.4, -0.2) is 49.4 Å². The molecule has 8 heteroatoms. The lowest BCUT2D eigenvalue weighted by Crippen LogP contribution is -2.40. The van der Waals surface area contributed by atoms with Crippen LogP contribution in [0, 0.1) is 0 Å². The molecule has 3 amide bonds. The van der Waals surface area contributed by atoms with E-state index in [0.29, 0.717) is 41.4 Å². The van der Waals surface area contributed by atoms with Gasteiger partial charge in [-0.3, -0.25) is 14.4 Å². The molecule has 0 bridgehead atoms. The van der Waals surface area contributed by atoms with E-state index in [2.05, 4.69) is 10.6 Å². The Morgan fingerprint density at radius 3 is 2.77 bits per heavy atom. The number of anilines is 2. The van der Waals surface area contributed by atoms with Gasteiger partial charge in [0.25, 0.3) is 5.91 Å². The van der Waals surface area contributed by atoms with Gasteiger partial charge < -0.3 is 25.0 Å². The lowest BCUT2D eigenvalue weighted by Gasteiger charge is -2.20. The average Bonchev–Trinajstić information content (AvgIpc) is 3.25. The van der Waals surface area contributed by atoms with Crippen LogP contribution in [-0.2, 0) is 9.59 Å². The Kier molecular flexibility index (Phi) is 5.62. The molecule has 1 atom stereocenters. The number of benzene rings is 2. The van der Waals surface area contributed by atoms with Crippen molar-refractivity contribution in [3.8, 4) is 11.5 Å². The maximum absolute atomic E-state index is 12.9. The summed E-state index contributed by atoms with van der Waals surface area (Å²) in [4.78, 5) is 39.3. The minimum absolute atomic E-state index is 0.169. The summed E-state index contributed by atoms with van der Waals surface area (Å²) < 4.78 is 10.5. The molecule has 31 heavy (non-hydrogen) atoms. The Labute approximate surface area is 179 Å². The molecule has 0 aromatic heterocycles. The molecule has 0 saturated carbocycles. The number of nitrogens with zero attached hydrogens (tertiary/aromatic N) is 1. The first kappa shape index (κ1) is 20.5. The first-order valence-electron chi connectivity index (χ1n) is 9.97. The van der Waals surface area contributed by atoms with E-state index in [1.807, 2.05) is 0 Å². The van der Waals surface area contributed by atoms with Gasteiger partial charge in [0, 0.05) is 29.9 Å². The molecule has 0 radical (unpaired) electrons. The number of rotatable bonds is 5. The quantitative estimate of drug-likeness (QED) is 0.724. The van der Waals surface area contributed by atoms with Gasteiger partial charge in [0.05, 0.1) is 25.5 Å². The van der Waals surface area contributed by atoms with Gasteiger partial charge >= 0.3 is 0 Å². The van der Waals surface area contributed by atoms with Crippen molar-refractivity contribution >= 4 is 35.2 Å². The van der Waals surface area contributed by atoms with Gasteiger partial charge in [-0.05, 0) is 49.2 Å². The summed E-state index contributed by atoms with van der Waals surface area (Å²) in [7, 11) is 3.11. The van der Waals surface area contributed by atoms with Gasteiger partial charge in [-0.25, -0.2) is 0 Å². The number of carbonyl (C=O) groups excluding carboxylic acids is 3. The summed E-state index contributed by atoms with van der Waals surface area (Å²) in [5.74, 6) is 0.501. The summed E-state index contributed by atoms with van der Waals surface area (Å²) in [5.41, 5.74) is 2.02. The third-order valence-corrected chi connectivity index (χ3v) is 5.45. The van der Waals surface area contributed by atoms with Gasteiger partial charge in [-0.15, -0.1) is 0 Å². The van der Waals surface area contributed by atoms with Crippen molar-refractivity contribution in [2.75, 3.05) is 31.4 Å². The van der Waals surface area contributed by atoms with Gasteiger partial charge in [0.1, 0.15) is 17.5 Å². The number of amides is 3. The first-order chi connectivity index (χ1) is 15.0. The van der Waals surface area contributed by atoms with Crippen molar-refractivity contribution < 1.29 is 23.9 Å². The van der Waals surface area contributed by atoms with Crippen LogP contribution >= 0.6 is 0 Å². The number of hydrogen-bond acceptors (Lipinski definition) is 5. The van der Waals surface area contributed by atoms with Crippen molar-refractivity contribution in [2.24, 2.45) is 0 Å². The standard InChI is InChI=1S/C23H23N3O5/c1-30-16-8-5-14(20(13-16)31-2)6-10-21(27)24-15-7-9-18-17(12-15)23(29)26-11-3-4-19(26)22(28)25-18/h5-10,12-13,19H,3-4,11H2,1-2H3,(H,24,27)(H,25,28)/b10-6+/t19-/m1/s1. The molecular formula is C23H23N3O5. The molecule has 2 aromatic carbocycles. The second-order valence-corrected chi connectivity index (χ2v) is 7.34. The second kappa shape index (κ2) is 8.51. The van der Waals surface area contributed by atoms with E-state index in [4.69, 9.17) is 9.47 Å². The van der Waals surface area contributed by atoms with Crippen molar-refractivity contribution in [1.82, 2.24) is 4.90 Å². The Morgan fingerprint density at radius 1 is 1.16 bits per heavy atom. The van der Waals surface area contributed by atoms with E-state index >= 15 is 0 Å². The Bertz CT molecular complexity index is 1080. The van der Waals surface area contributed by atoms with Crippen LogP contribution in [0.4, 0.5) is 11.4 Å². The maximum Gasteiger partial charge on any atom is 0.256 e. The Morgan fingerprint density at radius 2 is 2.00 bits per heavy atom. The average molecular weight is 421 g/mol. The van der Waals surface area contributed by atoms with E-state index in [1.165, 1.54) is 6.08 Å². The van der Waals surface area contributed by atoms with Gasteiger partial charge in [0.15, 0.2) is 0 Å². The van der Waals surface area contributed by atoms with Gasteiger partial charge in [0.2, 0.25) is 11.8 Å². The van der Waals surface area contributed by atoms with Crippen LogP contribution in [0.3, 0.4) is 0 Å². The number of nitrogens with one attached hydrogen (secondary N) is 2.